The average molecular weight is 261 g/mol. The lowest BCUT2D eigenvalue weighted by Gasteiger charge is -2.35. The molecule has 0 saturated heterocycles. The summed E-state index contributed by atoms with van der Waals surface area (Å²) in [6.07, 6.45) is 6.37. The third-order valence-electron chi connectivity index (χ3n) is 4.03. The molecule has 5 heteroatoms. The maximum absolute atomic E-state index is 11.2. The van der Waals surface area contributed by atoms with Crippen LogP contribution in [-0.2, 0) is 0 Å². The van der Waals surface area contributed by atoms with E-state index in [2.05, 4.69) is 12.2 Å². The zero-order valence-electron chi connectivity index (χ0n) is 10.9. The standard InChI is InChI=1S/C14H15NO4/c1-18-11-7-10(15(16)17)14(19-2)13-9-5-3-8(4-6-9)12(11)13/h3,5,7-9H,4,6H2,1-2H3. The minimum absolute atomic E-state index is 0.0148. The van der Waals surface area contributed by atoms with Gasteiger partial charge in [0.05, 0.1) is 25.2 Å². The minimum atomic E-state index is -0.409. The van der Waals surface area contributed by atoms with Gasteiger partial charge in [-0.3, -0.25) is 10.1 Å². The van der Waals surface area contributed by atoms with E-state index in [1.165, 1.54) is 13.2 Å². The van der Waals surface area contributed by atoms with Crippen molar-refractivity contribution in [1.82, 2.24) is 0 Å². The van der Waals surface area contributed by atoms with Crippen LogP contribution in [0.25, 0.3) is 0 Å². The summed E-state index contributed by atoms with van der Waals surface area (Å²) in [6, 6.07) is 1.48. The largest absolute Gasteiger partial charge is 0.496 e. The number of benzene rings is 1. The molecule has 1 aromatic rings. The lowest BCUT2D eigenvalue weighted by atomic mass is 9.70. The van der Waals surface area contributed by atoms with E-state index in [9.17, 15) is 10.1 Å². The average Bonchev–Trinajstić information content (AvgIpc) is 2.46. The predicted octanol–water partition coefficient (Wildman–Crippen LogP) is 3.14. The number of methoxy groups -OCH3 is 2. The quantitative estimate of drug-likeness (QED) is 0.476. The van der Waals surface area contributed by atoms with Gasteiger partial charge in [-0.15, -0.1) is 0 Å². The minimum Gasteiger partial charge on any atom is -0.496 e. The van der Waals surface area contributed by atoms with E-state index in [0.717, 1.165) is 24.0 Å². The van der Waals surface area contributed by atoms with Gasteiger partial charge >= 0.3 is 5.69 Å². The number of nitrogens with zero attached hydrogens (tertiary/aromatic N) is 1. The lowest BCUT2D eigenvalue weighted by Crippen LogP contribution is -2.19. The summed E-state index contributed by atoms with van der Waals surface area (Å²) >= 11 is 0. The number of fused-ring (bicyclic) bond motifs is 1. The Morgan fingerprint density at radius 1 is 1.16 bits per heavy atom. The van der Waals surface area contributed by atoms with Crippen LogP contribution in [0.2, 0.25) is 0 Å². The van der Waals surface area contributed by atoms with Gasteiger partial charge in [0.15, 0.2) is 0 Å². The van der Waals surface area contributed by atoms with E-state index in [-0.39, 0.29) is 17.5 Å². The van der Waals surface area contributed by atoms with E-state index in [1.54, 1.807) is 7.11 Å². The van der Waals surface area contributed by atoms with Crippen molar-refractivity contribution in [3.8, 4) is 11.5 Å². The topological polar surface area (TPSA) is 61.6 Å². The Morgan fingerprint density at radius 3 is 2.26 bits per heavy atom. The number of ether oxygens (including phenoxy) is 2. The van der Waals surface area contributed by atoms with Crippen LogP contribution in [0.5, 0.6) is 11.5 Å². The second kappa shape index (κ2) is 4.26. The molecule has 2 unspecified atom stereocenters. The number of hydrogen-bond acceptors (Lipinski definition) is 4. The van der Waals surface area contributed by atoms with Gasteiger partial charge in [0.1, 0.15) is 5.75 Å². The van der Waals surface area contributed by atoms with Crippen molar-refractivity contribution < 1.29 is 14.4 Å². The number of hydrogen-bond donors (Lipinski definition) is 0. The molecular formula is C14H15NO4. The van der Waals surface area contributed by atoms with Crippen LogP contribution in [-0.4, -0.2) is 19.1 Å². The first-order valence-corrected chi connectivity index (χ1v) is 6.28. The van der Waals surface area contributed by atoms with E-state index < -0.39 is 4.92 Å². The van der Waals surface area contributed by atoms with Gasteiger partial charge in [-0.05, 0) is 12.8 Å². The van der Waals surface area contributed by atoms with Crippen LogP contribution >= 0.6 is 0 Å². The third kappa shape index (κ3) is 1.61. The Kier molecular flexibility index (Phi) is 2.69. The first-order valence-electron chi connectivity index (χ1n) is 6.28. The van der Waals surface area contributed by atoms with E-state index in [0.29, 0.717) is 11.5 Å². The maximum atomic E-state index is 11.2. The summed E-state index contributed by atoms with van der Waals surface area (Å²) in [4.78, 5) is 10.8. The highest BCUT2D eigenvalue weighted by atomic mass is 16.6. The van der Waals surface area contributed by atoms with Gasteiger partial charge in [-0.1, -0.05) is 12.2 Å². The molecule has 5 nitrogen and oxygen atoms in total. The van der Waals surface area contributed by atoms with Crippen molar-refractivity contribution in [2.45, 2.75) is 24.7 Å². The van der Waals surface area contributed by atoms with Crippen LogP contribution in [0.4, 0.5) is 5.69 Å². The molecule has 19 heavy (non-hydrogen) atoms. The highest BCUT2D eigenvalue weighted by Gasteiger charge is 2.38. The first kappa shape index (κ1) is 12.0. The van der Waals surface area contributed by atoms with Gasteiger partial charge in [0.2, 0.25) is 5.75 Å². The molecule has 4 rings (SSSR count). The summed E-state index contributed by atoms with van der Waals surface area (Å²) in [5.74, 6) is 1.47. The molecule has 1 aromatic carbocycles. The molecule has 0 fully saturated rings. The maximum Gasteiger partial charge on any atom is 0.314 e. The van der Waals surface area contributed by atoms with Crippen molar-refractivity contribution in [3.63, 3.8) is 0 Å². The molecule has 0 amide bonds. The van der Waals surface area contributed by atoms with Crippen LogP contribution in [0.1, 0.15) is 35.8 Å². The molecule has 0 radical (unpaired) electrons. The smallest absolute Gasteiger partial charge is 0.314 e. The van der Waals surface area contributed by atoms with Gasteiger partial charge in [0.25, 0.3) is 0 Å². The Balaban J connectivity index is 2.32. The molecule has 3 aliphatic rings. The van der Waals surface area contributed by atoms with Crippen molar-refractivity contribution in [2.24, 2.45) is 0 Å². The fourth-order valence-corrected chi connectivity index (χ4v) is 3.23. The van der Waals surface area contributed by atoms with E-state index >= 15 is 0 Å². The Bertz CT molecular complexity index is 579. The van der Waals surface area contributed by atoms with E-state index in [4.69, 9.17) is 9.47 Å². The first-order chi connectivity index (χ1) is 9.17. The normalized spacial score (nSPS) is 23.1. The molecule has 0 aliphatic heterocycles. The second-order valence-corrected chi connectivity index (χ2v) is 4.89. The van der Waals surface area contributed by atoms with Crippen LogP contribution < -0.4 is 9.47 Å². The third-order valence-corrected chi connectivity index (χ3v) is 4.03. The Labute approximate surface area is 111 Å². The van der Waals surface area contributed by atoms with Gasteiger partial charge < -0.3 is 9.47 Å². The van der Waals surface area contributed by atoms with Crippen LogP contribution in [0, 0.1) is 10.1 Å². The molecule has 2 atom stereocenters. The molecule has 0 heterocycles. The Morgan fingerprint density at radius 2 is 1.79 bits per heavy atom. The van der Waals surface area contributed by atoms with Crippen molar-refractivity contribution in [1.29, 1.82) is 0 Å². The fraction of sp³-hybridized carbons (Fsp3) is 0.429. The number of rotatable bonds is 3. The molecular weight excluding hydrogens is 246 g/mol. The molecule has 100 valence electrons. The van der Waals surface area contributed by atoms with Gasteiger partial charge in [-0.25, -0.2) is 0 Å². The molecule has 0 N–H and O–H groups in total. The van der Waals surface area contributed by atoms with Crippen molar-refractivity contribution in [3.05, 3.63) is 39.5 Å². The van der Waals surface area contributed by atoms with Crippen LogP contribution in [0.15, 0.2) is 18.2 Å². The predicted molar refractivity (Wildman–Crippen MR) is 70.1 cm³/mol. The number of allylic oxidation sites excluding steroid dienone is 2. The highest BCUT2D eigenvalue weighted by Crippen LogP contribution is 2.54. The summed E-state index contributed by atoms with van der Waals surface area (Å²) < 4.78 is 10.7. The summed E-state index contributed by atoms with van der Waals surface area (Å²) in [7, 11) is 3.04. The Hall–Kier alpha value is -2.04. The monoisotopic (exact) mass is 261 g/mol. The SMILES string of the molecule is COc1cc([N+](=O)[O-])c(OC)c2c1C1C=CC2CC1. The van der Waals surface area contributed by atoms with Crippen molar-refractivity contribution >= 4 is 5.69 Å². The zero-order chi connectivity index (χ0) is 13.6. The molecule has 2 bridgehead atoms. The molecule has 3 aliphatic carbocycles. The summed E-state index contributed by atoms with van der Waals surface area (Å²) in [6.45, 7) is 0. The van der Waals surface area contributed by atoms with Crippen molar-refractivity contribution in [2.75, 3.05) is 14.2 Å². The van der Waals surface area contributed by atoms with Gasteiger partial charge in [-0.2, -0.15) is 0 Å². The lowest BCUT2D eigenvalue weighted by molar-refractivity contribution is -0.385. The molecule has 0 saturated carbocycles. The zero-order valence-corrected chi connectivity index (χ0v) is 10.9. The summed E-state index contributed by atoms with van der Waals surface area (Å²) in [5.41, 5.74) is 1.98. The van der Waals surface area contributed by atoms with Crippen LogP contribution in [0.3, 0.4) is 0 Å². The highest BCUT2D eigenvalue weighted by molar-refractivity contribution is 5.66. The number of nitro groups is 1. The molecule has 0 aromatic heterocycles. The second-order valence-electron chi connectivity index (χ2n) is 4.89. The van der Waals surface area contributed by atoms with E-state index in [1.807, 2.05) is 0 Å². The molecule has 0 spiro atoms. The summed E-state index contributed by atoms with van der Waals surface area (Å²) in [5, 5.41) is 11.2. The van der Waals surface area contributed by atoms with Gasteiger partial charge in [0, 0.05) is 23.0 Å². The fourth-order valence-electron chi connectivity index (χ4n) is 3.23. The number of nitro benzene ring substituents is 1.